The van der Waals surface area contributed by atoms with E-state index in [2.05, 4.69) is 27.2 Å². The minimum absolute atomic E-state index is 0.111. The van der Waals surface area contributed by atoms with Gasteiger partial charge in [-0.15, -0.1) is 0 Å². The number of rotatable bonds is 7. The van der Waals surface area contributed by atoms with Gasteiger partial charge in [-0.05, 0) is 92.5 Å². The predicted molar refractivity (Wildman–Crippen MR) is 171 cm³/mol. The fourth-order valence-corrected chi connectivity index (χ4v) is 6.07. The fourth-order valence-electron chi connectivity index (χ4n) is 5.67. The van der Waals surface area contributed by atoms with Crippen molar-refractivity contribution in [3.8, 4) is 0 Å². The third kappa shape index (κ3) is 6.69. The summed E-state index contributed by atoms with van der Waals surface area (Å²) in [6, 6.07) is 14.5. The summed E-state index contributed by atoms with van der Waals surface area (Å²) in [7, 11) is 2.05. The molecule has 43 heavy (non-hydrogen) atoms. The van der Waals surface area contributed by atoms with Crippen LogP contribution in [0.1, 0.15) is 33.9 Å². The molecule has 2 N–H and O–H groups in total. The molecule has 1 fully saturated rings. The number of benzene rings is 3. The van der Waals surface area contributed by atoms with Crippen LogP contribution < -0.4 is 15.1 Å². The van der Waals surface area contributed by atoms with E-state index in [-0.39, 0.29) is 17.6 Å². The van der Waals surface area contributed by atoms with Gasteiger partial charge in [-0.25, -0.2) is 19.1 Å². The number of nitrogens with zero attached hydrogens (tertiary/aromatic N) is 5. The number of anilines is 4. The first kappa shape index (κ1) is 30.5. The highest BCUT2D eigenvalue weighted by Crippen LogP contribution is 2.40. The lowest BCUT2D eigenvalue weighted by molar-refractivity contribution is 0.200. The van der Waals surface area contributed by atoms with Gasteiger partial charge < -0.3 is 20.2 Å². The van der Waals surface area contributed by atoms with Crippen molar-refractivity contribution in [2.45, 2.75) is 26.8 Å². The van der Waals surface area contributed by atoms with Crippen LogP contribution in [-0.4, -0.2) is 59.3 Å². The van der Waals surface area contributed by atoms with Crippen LogP contribution >= 0.6 is 23.2 Å². The van der Waals surface area contributed by atoms with Crippen molar-refractivity contribution in [1.82, 2.24) is 14.9 Å². The van der Waals surface area contributed by atoms with E-state index < -0.39 is 12.1 Å². The zero-order valence-electron chi connectivity index (χ0n) is 24.4. The molecule has 1 saturated heterocycles. The molecule has 0 saturated carbocycles. The maximum Gasteiger partial charge on any atom is 0.413 e. The first-order valence-corrected chi connectivity index (χ1v) is 14.7. The van der Waals surface area contributed by atoms with E-state index in [1.54, 1.807) is 30.3 Å². The molecule has 1 aliphatic heterocycles. The second-order valence-corrected chi connectivity index (χ2v) is 11.7. The lowest BCUT2D eigenvalue weighted by Gasteiger charge is -2.34. The van der Waals surface area contributed by atoms with Crippen LogP contribution in [0.5, 0.6) is 0 Å². The van der Waals surface area contributed by atoms with Crippen LogP contribution in [-0.2, 0) is 0 Å². The summed E-state index contributed by atoms with van der Waals surface area (Å²) < 4.78 is 15.2. The Balaban J connectivity index is 1.53. The number of amides is 1. The molecule has 1 aromatic heterocycles. The Labute approximate surface area is 260 Å². The lowest BCUT2D eigenvalue weighted by atomic mass is 9.89. The molecule has 1 amide bonds. The van der Waals surface area contributed by atoms with Gasteiger partial charge in [0.15, 0.2) is 0 Å². The Hall–Kier alpha value is -3.92. The number of likely N-dealkylation sites (N-methyl/N-ethyl adjacent to an activating group) is 1. The van der Waals surface area contributed by atoms with Crippen LogP contribution in [0.4, 0.5) is 32.3 Å². The number of piperazine rings is 1. The average molecular weight is 624 g/mol. The summed E-state index contributed by atoms with van der Waals surface area (Å²) in [5.74, 6) is -0.136. The molecule has 0 radical (unpaired) electrons. The van der Waals surface area contributed by atoms with Crippen LogP contribution in [0.2, 0.25) is 10.0 Å². The molecule has 0 bridgehead atoms. The minimum atomic E-state index is -1.24. The zero-order valence-corrected chi connectivity index (χ0v) is 25.9. The zero-order chi connectivity index (χ0) is 30.8. The molecule has 2 heterocycles. The Morgan fingerprint density at radius 2 is 1.70 bits per heavy atom. The molecule has 8 nitrogen and oxygen atoms in total. The van der Waals surface area contributed by atoms with Crippen LogP contribution in [0.25, 0.3) is 0 Å². The van der Waals surface area contributed by atoms with Crippen LogP contribution in [0, 0.1) is 26.6 Å². The van der Waals surface area contributed by atoms with Crippen LogP contribution in [0.3, 0.4) is 0 Å². The number of halogens is 3. The van der Waals surface area contributed by atoms with Gasteiger partial charge in [0.2, 0.25) is 5.95 Å². The minimum Gasteiger partial charge on any atom is -0.465 e. The molecule has 0 aliphatic carbocycles. The monoisotopic (exact) mass is 622 g/mol. The molecule has 11 heteroatoms. The van der Waals surface area contributed by atoms with Crippen LogP contribution in [0.15, 0.2) is 60.8 Å². The Kier molecular flexibility index (Phi) is 9.05. The molecule has 5 rings (SSSR count). The predicted octanol–water partition coefficient (Wildman–Crippen LogP) is 7.62. The van der Waals surface area contributed by atoms with E-state index in [1.165, 1.54) is 18.3 Å². The number of carbonyl (C=O) groups is 1. The van der Waals surface area contributed by atoms with Gasteiger partial charge in [0, 0.05) is 48.1 Å². The normalized spacial score (nSPS) is 14.4. The van der Waals surface area contributed by atoms with Gasteiger partial charge in [-0.3, -0.25) is 0 Å². The number of carboxylic acid groups (broad SMARTS) is 1. The highest BCUT2D eigenvalue weighted by Gasteiger charge is 2.33. The summed E-state index contributed by atoms with van der Waals surface area (Å²) in [4.78, 5) is 27.2. The third-order valence-electron chi connectivity index (χ3n) is 7.66. The first-order valence-electron chi connectivity index (χ1n) is 13.9. The Bertz CT molecular complexity index is 1640. The number of aromatic nitrogens is 2. The van der Waals surface area contributed by atoms with E-state index in [0.717, 1.165) is 53.3 Å². The summed E-state index contributed by atoms with van der Waals surface area (Å²) in [5, 5.41) is 14.4. The highest BCUT2D eigenvalue weighted by atomic mass is 35.5. The smallest absolute Gasteiger partial charge is 0.413 e. The molecule has 1 atom stereocenters. The van der Waals surface area contributed by atoms with Crippen molar-refractivity contribution in [1.29, 1.82) is 0 Å². The number of hydrogen-bond donors (Lipinski definition) is 2. The average Bonchev–Trinajstić information content (AvgIpc) is 2.94. The van der Waals surface area contributed by atoms with E-state index >= 15 is 4.39 Å². The van der Waals surface area contributed by atoms with E-state index in [1.807, 2.05) is 37.8 Å². The van der Waals surface area contributed by atoms with Crippen molar-refractivity contribution < 1.29 is 14.3 Å². The van der Waals surface area contributed by atoms with E-state index in [4.69, 9.17) is 23.2 Å². The fraction of sp³-hybridized carbons (Fsp3) is 0.281. The molecule has 0 spiro atoms. The summed E-state index contributed by atoms with van der Waals surface area (Å²) in [5.41, 5.74) is 5.11. The second kappa shape index (κ2) is 12.8. The first-order chi connectivity index (χ1) is 20.5. The van der Waals surface area contributed by atoms with Gasteiger partial charge in [0.25, 0.3) is 0 Å². The third-order valence-corrected chi connectivity index (χ3v) is 8.24. The molecule has 1 unspecified atom stereocenters. The number of aryl methyl sites for hydroxylation is 3. The SMILES string of the molecule is Cc1cc(C)c(C(c2cc(Cl)ccc2Cl)N(C(=O)O)c2ccnc(Nc3ccc(N4CCN(C)CC4)c(F)c3)n2)c(C)c1. The molecular weight excluding hydrogens is 590 g/mol. The molecule has 3 aromatic carbocycles. The van der Waals surface area contributed by atoms with Gasteiger partial charge in [-0.2, -0.15) is 4.98 Å². The number of nitrogens with one attached hydrogen (secondary N) is 1. The van der Waals surface area contributed by atoms with E-state index in [9.17, 15) is 9.90 Å². The lowest BCUT2D eigenvalue weighted by Crippen LogP contribution is -2.44. The molecular formula is C32H33Cl2FN6O2. The van der Waals surface area contributed by atoms with Gasteiger partial charge in [-0.1, -0.05) is 40.9 Å². The molecule has 1 aliphatic rings. The van der Waals surface area contributed by atoms with E-state index in [0.29, 0.717) is 27.0 Å². The second-order valence-electron chi connectivity index (χ2n) is 10.9. The van der Waals surface area contributed by atoms with Crippen molar-refractivity contribution in [3.63, 3.8) is 0 Å². The molecule has 4 aromatic rings. The largest absolute Gasteiger partial charge is 0.465 e. The van der Waals surface area contributed by atoms with Gasteiger partial charge in [0.05, 0.1) is 11.7 Å². The summed E-state index contributed by atoms with van der Waals surface area (Å²) in [6.07, 6.45) is 0.216. The maximum atomic E-state index is 15.2. The van der Waals surface area contributed by atoms with Crippen molar-refractivity contribution >= 4 is 52.4 Å². The number of hydrogen-bond acceptors (Lipinski definition) is 6. The molecule has 224 valence electrons. The quantitative estimate of drug-likeness (QED) is 0.219. The van der Waals surface area contributed by atoms with Crippen molar-refractivity contribution in [2.75, 3.05) is 48.3 Å². The summed E-state index contributed by atoms with van der Waals surface area (Å²) in [6.45, 7) is 9.08. The highest BCUT2D eigenvalue weighted by molar-refractivity contribution is 6.33. The summed E-state index contributed by atoms with van der Waals surface area (Å²) >= 11 is 13.1. The maximum absolute atomic E-state index is 15.2. The Morgan fingerprint density at radius 1 is 1.00 bits per heavy atom. The van der Waals surface area contributed by atoms with Gasteiger partial charge in [0.1, 0.15) is 11.6 Å². The van der Waals surface area contributed by atoms with Gasteiger partial charge >= 0.3 is 6.09 Å². The van der Waals surface area contributed by atoms with Crippen molar-refractivity contribution in [2.24, 2.45) is 0 Å². The van der Waals surface area contributed by atoms with Crippen molar-refractivity contribution in [3.05, 3.63) is 104 Å². The topological polar surface area (TPSA) is 84.8 Å². The Morgan fingerprint density at radius 3 is 2.35 bits per heavy atom. The standard InChI is InChI=1S/C32H33Cl2FN6O2/c1-19-15-20(2)29(21(3)16-19)30(24-17-22(33)5-7-25(24)34)41(32(42)43)28-9-10-36-31(38-28)37-23-6-8-27(26(35)18-23)40-13-11-39(4)12-14-40/h5-10,15-18,30H,11-14H2,1-4H3,(H,42,43)(H,36,37,38).